The molecule has 0 spiro atoms. The van der Waals surface area contributed by atoms with Crippen LogP contribution in [0, 0.1) is 5.41 Å². The average molecular weight is 289 g/mol. The smallest absolute Gasteiger partial charge is 0.119 e. The monoisotopic (exact) mass is 289 g/mol. The number of hydrogen-bond donors (Lipinski definition) is 1. The van der Waals surface area contributed by atoms with Crippen LogP contribution in [0.2, 0.25) is 0 Å². The molecule has 2 rings (SSSR count). The van der Waals surface area contributed by atoms with E-state index >= 15 is 0 Å². The number of benzene rings is 1. The van der Waals surface area contributed by atoms with E-state index in [9.17, 15) is 0 Å². The highest BCUT2D eigenvalue weighted by atomic mass is 16.5. The third kappa shape index (κ3) is 5.03. The first kappa shape index (κ1) is 16.4. The summed E-state index contributed by atoms with van der Waals surface area (Å²) in [6.07, 6.45) is 6.48. The Morgan fingerprint density at radius 1 is 1.19 bits per heavy atom. The average Bonchev–Trinajstić information content (AvgIpc) is 2.48. The first-order chi connectivity index (χ1) is 10.00. The first-order valence-corrected chi connectivity index (χ1v) is 8.50. The van der Waals surface area contributed by atoms with Gasteiger partial charge in [0.05, 0.1) is 6.10 Å². The molecule has 2 heteroatoms. The summed E-state index contributed by atoms with van der Waals surface area (Å²) in [4.78, 5) is 0. The van der Waals surface area contributed by atoms with Gasteiger partial charge in [-0.2, -0.15) is 0 Å². The Balaban J connectivity index is 1.85. The Hall–Kier alpha value is -1.02. The molecule has 0 amide bonds. The van der Waals surface area contributed by atoms with E-state index in [1.54, 1.807) is 0 Å². The molecule has 21 heavy (non-hydrogen) atoms. The third-order valence-corrected chi connectivity index (χ3v) is 4.67. The molecule has 1 unspecified atom stereocenters. The zero-order valence-electron chi connectivity index (χ0n) is 14.1. The minimum Gasteiger partial charge on any atom is -0.490 e. The van der Waals surface area contributed by atoms with E-state index in [4.69, 9.17) is 4.74 Å². The van der Waals surface area contributed by atoms with Gasteiger partial charge in [0.25, 0.3) is 0 Å². The van der Waals surface area contributed by atoms with Gasteiger partial charge in [-0.15, -0.1) is 0 Å². The summed E-state index contributed by atoms with van der Waals surface area (Å²) in [5.41, 5.74) is 1.84. The minimum atomic E-state index is 0.402. The molecule has 1 aromatic rings. The van der Waals surface area contributed by atoms with Gasteiger partial charge >= 0.3 is 0 Å². The normalized spacial score (nSPS) is 20.2. The van der Waals surface area contributed by atoms with Gasteiger partial charge < -0.3 is 10.1 Å². The summed E-state index contributed by atoms with van der Waals surface area (Å²) in [7, 11) is 0. The highest BCUT2D eigenvalue weighted by Gasteiger charge is 2.27. The van der Waals surface area contributed by atoms with Gasteiger partial charge in [0, 0.05) is 6.04 Å². The third-order valence-electron chi connectivity index (χ3n) is 4.67. The largest absolute Gasteiger partial charge is 0.490 e. The molecule has 1 saturated carbocycles. The topological polar surface area (TPSA) is 21.3 Å². The Morgan fingerprint density at radius 2 is 1.81 bits per heavy atom. The molecular weight excluding hydrogens is 258 g/mol. The second-order valence-electron chi connectivity index (χ2n) is 7.23. The lowest BCUT2D eigenvalue weighted by Crippen LogP contribution is -2.28. The van der Waals surface area contributed by atoms with Crippen molar-refractivity contribution in [1.82, 2.24) is 5.32 Å². The first-order valence-electron chi connectivity index (χ1n) is 8.50. The van der Waals surface area contributed by atoms with Crippen molar-refractivity contribution in [3.8, 4) is 5.75 Å². The van der Waals surface area contributed by atoms with Crippen molar-refractivity contribution in [3.63, 3.8) is 0 Å². The maximum absolute atomic E-state index is 6.14. The predicted octanol–water partition coefficient (Wildman–Crippen LogP) is 5.09. The number of hydrogen-bond acceptors (Lipinski definition) is 2. The lowest BCUT2D eigenvalue weighted by molar-refractivity contribution is 0.0987. The van der Waals surface area contributed by atoms with E-state index in [0.29, 0.717) is 17.6 Å². The number of nitrogens with one attached hydrogen (secondary N) is 1. The molecule has 1 N–H and O–H groups in total. The zero-order chi connectivity index (χ0) is 15.3. The van der Waals surface area contributed by atoms with E-state index in [1.807, 2.05) is 0 Å². The summed E-state index contributed by atoms with van der Waals surface area (Å²) in [5, 5.41) is 3.52. The second-order valence-corrected chi connectivity index (χ2v) is 7.23. The van der Waals surface area contributed by atoms with Crippen molar-refractivity contribution in [2.75, 3.05) is 6.54 Å². The molecule has 0 radical (unpaired) electrons. The summed E-state index contributed by atoms with van der Waals surface area (Å²) in [6.45, 7) is 10.2. The molecule has 0 aliphatic heterocycles. The van der Waals surface area contributed by atoms with Crippen molar-refractivity contribution in [1.29, 1.82) is 0 Å². The van der Waals surface area contributed by atoms with Crippen molar-refractivity contribution >= 4 is 0 Å². The molecule has 1 fully saturated rings. The Labute approximate surface area is 130 Å². The highest BCUT2D eigenvalue weighted by Crippen LogP contribution is 2.36. The zero-order valence-corrected chi connectivity index (χ0v) is 14.1. The van der Waals surface area contributed by atoms with Crippen LogP contribution in [0.1, 0.15) is 71.4 Å². The quantitative estimate of drug-likeness (QED) is 0.787. The van der Waals surface area contributed by atoms with Crippen LogP contribution in [0.15, 0.2) is 24.3 Å². The highest BCUT2D eigenvalue weighted by molar-refractivity contribution is 5.29. The molecular formula is C19H31NO. The van der Waals surface area contributed by atoms with Gasteiger partial charge in [-0.1, -0.05) is 32.9 Å². The van der Waals surface area contributed by atoms with E-state index in [0.717, 1.165) is 12.3 Å². The Bertz CT molecular complexity index is 414. The van der Waals surface area contributed by atoms with Gasteiger partial charge in [0.15, 0.2) is 0 Å². The van der Waals surface area contributed by atoms with E-state index < -0.39 is 0 Å². The fourth-order valence-electron chi connectivity index (χ4n) is 3.00. The molecule has 1 aromatic carbocycles. The molecule has 0 aromatic heterocycles. The van der Waals surface area contributed by atoms with Crippen LogP contribution in [0.3, 0.4) is 0 Å². The Morgan fingerprint density at radius 3 is 2.38 bits per heavy atom. The van der Waals surface area contributed by atoms with E-state index in [-0.39, 0.29) is 0 Å². The van der Waals surface area contributed by atoms with Crippen LogP contribution in [0.25, 0.3) is 0 Å². The summed E-state index contributed by atoms with van der Waals surface area (Å²) in [6, 6.07) is 9.04. The number of ether oxygens (including phenoxy) is 1. The van der Waals surface area contributed by atoms with Crippen LogP contribution in [0.5, 0.6) is 5.75 Å². The standard InChI is InChI=1S/C19H31NO/c1-5-14-20-15(2)16-6-8-17(9-7-16)21-18-10-12-19(3,4)13-11-18/h6-9,15,18,20H,5,10-14H2,1-4H3. The second kappa shape index (κ2) is 7.31. The molecule has 2 nitrogen and oxygen atoms in total. The van der Waals surface area contributed by atoms with E-state index in [2.05, 4.69) is 57.3 Å². The fraction of sp³-hybridized carbons (Fsp3) is 0.684. The van der Waals surface area contributed by atoms with Crippen molar-refractivity contribution in [2.24, 2.45) is 5.41 Å². The van der Waals surface area contributed by atoms with Gasteiger partial charge in [0.1, 0.15) is 5.75 Å². The summed E-state index contributed by atoms with van der Waals surface area (Å²) in [5.74, 6) is 1.02. The number of rotatable bonds is 6. The van der Waals surface area contributed by atoms with Crippen molar-refractivity contribution < 1.29 is 4.74 Å². The van der Waals surface area contributed by atoms with Gasteiger partial charge in [-0.3, -0.25) is 0 Å². The van der Waals surface area contributed by atoms with E-state index in [1.165, 1.54) is 37.7 Å². The maximum Gasteiger partial charge on any atom is 0.119 e. The molecule has 0 saturated heterocycles. The van der Waals surface area contributed by atoms with Gasteiger partial charge in [-0.25, -0.2) is 0 Å². The van der Waals surface area contributed by atoms with Crippen molar-refractivity contribution in [2.45, 2.75) is 71.9 Å². The van der Waals surface area contributed by atoms with Crippen LogP contribution >= 0.6 is 0 Å². The molecule has 118 valence electrons. The van der Waals surface area contributed by atoms with Crippen molar-refractivity contribution in [3.05, 3.63) is 29.8 Å². The Kier molecular flexibility index (Phi) is 5.69. The predicted molar refractivity (Wildman–Crippen MR) is 89.8 cm³/mol. The lowest BCUT2D eigenvalue weighted by atomic mass is 9.76. The molecule has 0 heterocycles. The van der Waals surface area contributed by atoms with Crippen LogP contribution in [-0.2, 0) is 0 Å². The molecule has 1 aliphatic rings. The fourth-order valence-corrected chi connectivity index (χ4v) is 3.00. The van der Waals surface area contributed by atoms with Crippen LogP contribution < -0.4 is 10.1 Å². The molecule has 0 bridgehead atoms. The minimum absolute atomic E-state index is 0.402. The summed E-state index contributed by atoms with van der Waals surface area (Å²) >= 11 is 0. The summed E-state index contributed by atoms with van der Waals surface area (Å²) < 4.78 is 6.14. The van der Waals surface area contributed by atoms with Crippen LogP contribution in [0.4, 0.5) is 0 Å². The molecule has 1 atom stereocenters. The van der Waals surface area contributed by atoms with Gasteiger partial charge in [-0.05, 0) is 68.7 Å². The molecule has 1 aliphatic carbocycles. The SMILES string of the molecule is CCCNC(C)c1ccc(OC2CCC(C)(C)CC2)cc1. The van der Waals surface area contributed by atoms with Crippen LogP contribution in [-0.4, -0.2) is 12.6 Å². The lowest BCUT2D eigenvalue weighted by Gasteiger charge is -2.34. The van der Waals surface area contributed by atoms with Gasteiger partial charge in [0.2, 0.25) is 0 Å². The maximum atomic E-state index is 6.14.